The summed E-state index contributed by atoms with van der Waals surface area (Å²) in [5, 5.41) is 0.889. The van der Waals surface area contributed by atoms with Crippen molar-refractivity contribution in [1.82, 2.24) is 4.31 Å². The predicted octanol–water partition coefficient (Wildman–Crippen LogP) is 2.88. The molecule has 2 rings (SSSR count). The summed E-state index contributed by atoms with van der Waals surface area (Å²) in [6.45, 7) is 2.98. The van der Waals surface area contributed by atoms with Crippen LogP contribution in [0.4, 0.5) is 0 Å². The van der Waals surface area contributed by atoms with Crippen LogP contribution in [0.2, 0.25) is 10.0 Å². The normalized spacial score (nSPS) is 22.2. The molecule has 0 aliphatic carbocycles. The Kier molecular flexibility index (Phi) is 5.54. The van der Waals surface area contributed by atoms with E-state index in [9.17, 15) is 8.42 Å². The number of sulfonamides is 1. The fraction of sp³-hybridized carbons (Fsp3) is 0.571. The summed E-state index contributed by atoms with van der Waals surface area (Å²) in [6.07, 6.45) is 1.83. The highest BCUT2D eigenvalue weighted by atomic mass is 35.5. The second-order valence-corrected chi connectivity index (χ2v) is 8.50. The van der Waals surface area contributed by atoms with Crippen LogP contribution in [0.15, 0.2) is 18.2 Å². The average Bonchev–Trinajstić information content (AvgIpc) is 2.37. The van der Waals surface area contributed by atoms with Gasteiger partial charge in [-0.05, 0) is 49.4 Å². The first-order valence-corrected chi connectivity index (χ1v) is 9.33. The first kappa shape index (κ1) is 17.0. The molecule has 0 amide bonds. The molecule has 2 unspecified atom stereocenters. The molecule has 21 heavy (non-hydrogen) atoms. The highest BCUT2D eigenvalue weighted by Crippen LogP contribution is 2.25. The molecule has 1 heterocycles. The van der Waals surface area contributed by atoms with Gasteiger partial charge in [0.15, 0.2) is 0 Å². The molecular formula is C14H20Cl2N2O2S. The third kappa shape index (κ3) is 4.57. The average molecular weight is 351 g/mol. The first-order chi connectivity index (χ1) is 9.78. The largest absolute Gasteiger partial charge is 0.328 e. The van der Waals surface area contributed by atoms with E-state index in [1.807, 2.05) is 6.92 Å². The minimum absolute atomic E-state index is 0.00335. The van der Waals surface area contributed by atoms with E-state index in [0.29, 0.717) is 28.7 Å². The van der Waals surface area contributed by atoms with Crippen LogP contribution in [-0.4, -0.2) is 31.9 Å². The quantitative estimate of drug-likeness (QED) is 0.907. The van der Waals surface area contributed by atoms with Gasteiger partial charge in [-0.25, -0.2) is 12.7 Å². The van der Waals surface area contributed by atoms with Crippen molar-refractivity contribution in [3.63, 3.8) is 0 Å². The van der Waals surface area contributed by atoms with Crippen LogP contribution in [0.5, 0.6) is 0 Å². The number of rotatable bonds is 4. The lowest BCUT2D eigenvalue weighted by Gasteiger charge is -2.33. The van der Waals surface area contributed by atoms with Crippen LogP contribution in [0.1, 0.15) is 25.3 Å². The number of hydrogen-bond acceptors (Lipinski definition) is 3. The lowest BCUT2D eigenvalue weighted by molar-refractivity contribution is 0.243. The molecule has 4 nitrogen and oxygen atoms in total. The van der Waals surface area contributed by atoms with E-state index < -0.39 is 10.0 Å². The number of benzene rings is 1. The van der Waals surface area contributed by atoms with Crippen molar-refractivity contribution in [2.24, 2.45) is 11.7 Å². The molecule has 1 aromatic carbocycles. The molecule has 118 valence electrons. The summed E-state index contributed by atoms with van der Waals surface area (Å²) in [5.74, 6) is 0.135. The molecule has 2 atom stereocenters. The lowest BCUT2D eigenvalue weighted by Crippen LogP contribution is -2.45. The van der Waals surface area contributed by atoms with Gasteiger partial charge >= 0.3 is 0 Å². The third-order valence-corrected chi connectivity index (χ3v) is 6.08. The predicted molar refractivity (Wildman–Crippen MR) is 87.0 cm³/mol. The standard InChI is InChI=1S/C14H20Cl2N2O2S/c1-10(17)12-3-2-4-18(8-12)21(19,20)9-11-5-13(15)7-14(16)6-11/h5-7,10,12H,2-4,8-9,17H2,1H3. The zero-order valence-corrected chi connectivity index (χ0v) is 14.3. The van der Waals surface area contributed by atoms with Crippen LogP contribution in [0.3, 0.4) is 0 Å². The highest BCUT2D eigenvalue weighted by Gasteiger charge is 2.30. The maximum Gasteiger partial charge on any atom is 0.218 e. The lowest BCUT2D eigenvalue weighted by atomic mass is 9.93. The van der Waals surface area contributed by atoms with Crippen molar-refractivity contribution in [1.29, 1.82) is 0 Å². The number of nitrogens with two attached hydrogens (primary N) is 1. The van der Waals surface area contributed by atoms with E-state index in [2.05, 4.69) is 0 Å². The maximum atomic E-state index is 12.5. The summed E-state index contributed by atoms with van der Waals surface area (Å²) >= 11 is 11.8. The summed E-state index contributed by atoms with van der Waals surface area (Å²) in [7, 11) is -3.38. The molecule has 1 aliphatic rings. The Morgan fingerprint density at radius 3 is 2.52 bits per heavy atom. The Balaban J connectivity index is 2.14. The maximum absolute atomic E-state index is 12.5. The van der Waals surface area contributed by atoms with Crippen LogP contribution in [0.25, 0.3) is 0 Å². The second kappa shape index (κ2) is 6.84. The summed E-state index contributed by atoms with van der Waals surface area (Å²) in [6, 6.07) is 4.87. The number of nitrogens with zero attached hydrogens (tertiary/aromatic N) is 1. The van der Waals surface area contributed by atoms with E-state index in [0.717, 1.165) is 12.8 Å². The van der Waals surface area contributed by atoms with Gasteiger partial charge in [0.25, 0.3) is 0 Å². The van der Waals surface area contributed by atoms with Gasteiger partial charge in [0.1, 0.15) is 0 Å². The van der Waals surface area contributed by atoms with Crippen LogP contribution >= 0.6 is 23.2 Å². The third-order valence-electron chi connectivity index (χ3n) is 3.83. The van der Waals surface area contributed by atoms with Crippen LogP contribution in [-0.2, 0) is 15.8 Å². The molecule has 1 saturated heterocycles. The Labute approximate surface area is 136 Å². The van der Waals surface area contributed by atoms with Crippen molar-refractivity contribution >= 4 is 33.2 Å². The van der Waals surface area contributed by atoms with Crippen molar-refractivity contribution in [3.05, 3.63) is 33.8 Å². The summed E-state index contributed by atoms with van der Waals surface area (Å²) < 4.78 is 26.6. The van der Waals surface area contributed by atoms with Gasteiger partial charge in [-0.1, -0.05) is 23.2 Å². The molecule has 1 fully saturated rings. The Morgan fingerprint density at radius 1 is 1.33 bits per heavy atom. The van der Waals surface area contributed by atoms with E-state index in [1.165, 1.54) is 0 Å². The summed E-state index contributed by atoms with van der Waals surface area (Å²) in [5.41, 5.74) is 6.52. The van der Waals surface area contributed by atoms with Crippen molar-refractivity contribution in [3.8, 4) is 0 Å². The Hall–Kier alpha value is -0.330. The van der Waals surface area contributed by atoms with Gasteiger partial charge in [-0.3, -0.25) is 0 Å². The van der Waals surface area contributed by atoms with Gasteiger partial charge in [-0.2, -0.15) is 0 Å². The van der Waals surface area contributed by atoms with Gasteiger partial charge in [0.05, 0.1) is 5.75 Å². The fourth-order valence-corrected chi connectivity index (χ4v) is 4.82. The minimum atomic E-state index is -3.38. The monoisotopic (exact) mass is 350 g/mol. The summed E-state index contributed by atoms with van der Waals surface area (Å²) in [4.78, 5) is 0. The Morgan fingerprint density at radius 2 is 1.95 bits per heavy atom. The second-order valence-electron chi connectivity index (χ2n) is 5.65. The zero-order valence-electron chi connectivity index (χ0n) is 11.9. The van der Waals surface area contributed by atoms with Crippen molar-refractivity contribution in [2.75, 3.05) is 13.1 Å². The zero-order chi connectivity index (χ0) is 15.6. The van der Waals surface area contributed by atoms with Crippen LogP contribution < -0.4 is 5.73 Å². The number of piperidine rings is 1. The molecule has 0 radical (unpaired) electrons. The molecule has 2 N–H and O–H groups in total. The van der Waals surface area contributed by atoms with E-state index in [4.69, 9.17) is 28.9 Å². The molecule has 0 bridgehead atoms. The van der Waals surface area contributed by atoms with Crippen molar-refractivity contribution in [2.45, 2.75) is 31.6 Å². The van der Waals surface area contributed by atoms with Gasteiger partial charge in [0.2, 0.25) is 10.0 Å². The van der Waals surface area contributed by atoms with Crippen LogP contribution in [0, 0.1) is 5.92 Å². The Bertz CT molecular complexity index is 585. The van der Waals surface area contributed by atoms with E-state index in [-0.39, 0.29) is 17.7 Å². The SMILES string of the molecule is CC(N)C1CCCN(S(=O)(=O)Cc2cc(Cl)cc(Cl)c2)C1. The molecule has 0 aromatic heterocycles. The molecule has 1 aliphatic heterocycles. The molecule has 0 spiro atoms. The first-order valence-electron chi connectivity index (χ1n) is 6.96. The smallest absolute Gasteiger partial charge is 0.218 e. The van der Waals surface area contributed by atoms with Gasteiger partial charge in [-0.15, -0.1) is 0 Å². The van der Waals surface area contributed by atoms with E-state index in [1.54, 1.807) is 22.5 Å². The van der Waals surface area contributed by atoms with Gasteiger partial charge in [0, 0.05) is 29.2 Å². The van der Waals surface area contributed by atoms with Gasteiger partial charge < -0.3 is 5.73 Å². The highest BCUT2D eigenvalue weighted by molar-refractivity contribution is 7.88. The van der Waals surface area contributed by atoms with Crippen molar-refractivity contribution < 1.29 is 8.42 Å². The molecular weight excluding hydrogens is 331 g/mol. The van der Waals surface area contributed by atoms with E-state index >= 15 is 0 Å². The molecule has 1 aromatic rings. The fourth-order valence-electron chi connectivity index (χ4n) is 2.65. The number of halogens is 2. The molecule has 0 saturated carbocycles. The topological polar surface area (TPSA) is 63.4 Å². The minimum Gasteiger partial charge on any atom is -0.328 e. The number of hydrogen-bond donors (Lipinski definition) is 1. The molecule has 7 heteroatoms.